The zero-order valence-electron chi connectivity index (χ0n) is 8.07. The zero-order chi connectivity index (χ0) is 10.8. The van der Waals surface area contributed by atoms with Gasteiger partial charge < -0.3 is 4.57 Å². The molecule has 6 heteroatoms. The Bertz CT molecular complexity index is 531. The van der Waals surface area contributed by atoms with Crippen LogP contribution < -0.4 is 5.56 Å². The third kappa shape index (κ3) is 2.15. The van der Waals surface area contributed by atoms with Crippen LogP contribution in [0.15, 0.2) is 27.6 Å². The molecule has 0 aromatic carbocycles. The lowest BCUT2D eigenvalue weighted by molar-refractivity contribution is 0.714. The highest BCUT2D eigenvalue weighted by atomic mass is 79.9. The van der Waals surface area contributed by atoms with Gasteiger partial charge in [-0.3, -0.25) is 9.89 Å². The maximum Gasteiger partial charge on any atom is 0.265 e. The van der Waals surface area contributed by atoms with Crippen molar-refractivity contribution in [1.29, 1.82) is 0 Å². The second-order valence-electron chi connectivity index (χ2n) is 3.13. The van der Waals surface area contributed by atoms with E-state index in [2.05, 4.69) is 31.1 Å². The molecule has 1 N–H and O–H groups in total. The summed E-state index contributed by atoms with van der Waals surface area (Å²) in [6, 6.07) is 3.51. The monoisotopic (exact) mass is 268 g/mol. The van der Waals surface area contributed by atoms with E-state index in [-0.39, 0.29) is 5.56 Å². The molecule has 0 aliphatic carbocycles. The number of hydrogen-bond donors (Lipinski definition) is 1. The number of pyridine rings is 1. The van der Waals surface area contributed by atoms with Crippen molar-refractivity contribution in [2.75, 3.05) is 0 Å². The van der Waals surface area contributed by atoms with Crippen LogP contribution in [0.5, 0.6) is 0 Å². The normalized spacial score (nSPS) is 10.5. The highest BCUT2D eigenvalue weighted by molar-refractivity contribution is 9.10. The van der Waals surface area contributed by atoms with Crippen molar-refractivity contribution in [3.8, 4) is 0 Å². The minimum atomic E-state index is -0.0834. The molecule has 0 spiro atoms. The molecule has 0 atom stereocenters. The van der Waals surface area contributed by atoms with Gasteiger partial charge in [-0.05, 0) is 35.0 Å². The largest absolute Gasteiger partial charge is 0.307 e. The lowest BCUT2D eigenvalue weighted by Gasteiger charge is -2.01. The summed E-state index contributed by atoms with van der Waals surface area (Å²) in [5.74, 6) is 1.35. The van der Waals surface area contributed by atoms with Crippen molar-refractivity contribution in [2.45, 2.75) is 13.5 Å². The molecular weight excluding hydrogens is 260 g/mol. The highest BCUT2D eigenvalue weighted by Gasteiger charge is 2.04. The van der Waals surface area contributed by atoms with Gasteiger partial charge in [0.2, 0.25) is 0 Å². The minimum absolute atomic E-state index is 0.0834. The van der Waals surface area contributed by atoms with Crippen LogP contribution in [0.2, 0.25) is 0 Å². The average Bonchev–Trinajstić information content (AvgIpc) is 2.59. The van der Waals surface area contributed by atoms with E-state index in [0.29, 0.717) is 16.8 Å². The SMILES string of the molecule is Cc1nc(Cn2cccc(Br)c2=O)n[nH]1. The number of nitrogens with one attached hydrogen (secondary N) is 1. The third-order valence-electron chi connectivity index (χ3n) is 1.93. The smallest absolute Gasteiger partial charge is 0.265 e. The van der Waals surface area contributed by atoms with Gasteiger partial charge in [0.25, 0.3) is 5.56 Å². The quantitative estimate of drug-likeness (QED) is 0.887. The summed E-state index contributed by atoms with van der Waals surface area (Å²) >= 11 is 3.18. The Labute approximate surface area is 94.3 Å². The lowest BCUT2D eigenvalue weighted by Crippen LogP contribution is -2.20. The first-order valence-electron chi connectivity index (χ1n) is 4.39. The Balaban J connectivity index is 2.32. The number of H-pyrrole nitrogens is 1. The second kappa shape index (κ2) is 3.98. The summed E-state index contributed by atoms with van der Waals surface area (Å²) in [7, 11) is 0. The highest BCUT2D eigenvalue weighted by Crippen LogP contribution is 2.01. The van der Waals surface area contributed by atoms with Crippen molar-refractivity contribution < 1.29 is 0 Å². The van der Waals surface area contributed by atoms with Crippen LogP contribution in [-0.2, 0) is 6.54 Å². The fraction of sp³-hybridized carbons (Fsp3) is 0.222. The van der Waals surface area contributed by atoms with Gasteiger partial charge >= 0.3 is 0 Å². The Morgan fingerprint density at radius 1 is 1.60 bits per heavy atom. The molecule has 0 saturated carbocycles. The number of aryl methyl sites for hydroxylation is 1. The van der Waals surface area contributed by atoms with E-state index in [0.717, 1.165) is 5.82 Å². The van der Waals surface area contributed by atoms with Crippen molar-refractivity contribution >= 4 is 15.9 Å². The summed E-state index contributed by atoms with van der Waals surface area (Å²) in [4.78, 5) is 15.8. The number of halogens is 1. The molecule has 0 radical (unpaired) electrons. The van der Waals surface area contributed by atoms with Crippen molar-refractivity contribution in [1.82, 2.24) is 19.7 Å². The summed E-state index contributed by atoms with van der Waals surface area (Å²) in [5.41, 5.74) is -0.0834. The molecule has 2 heterocycles. The Morgan fingerprint density at radius 3 is 3.07 bits per heavy atom. The van der Waals surface area contributed by atoms with Crippen LogP contribution in [0.3, 0.4) is 0 Å². The zero-order valence-corrected chi connectivity index (χ0v) is 9.65. The Kier molecular flexibility index (Phi) is 2.68. The minimum Gasteiger partial charge on any atom is -0.307 e. The van der Waals surface area contributed by atoms with Crippen LogP contribution in [0, 0.1) is 6.92 Å². The van der Waals surface area contributed by atoms with Gasteiger partial charge in [0, 0.05) is 6.20 Å². The lowest BCUT2D eigenvalue weighted by atomic mass is 10.4. The maximum atomic E-state index is 11.6. The topological polar surface area (TPSA) is 63.6 Å². The molecule has 5 nitrogen and oxygen atoms in total. The fourth-order valence-electron chi connectivity index (χ4n) is 1.24. The summed E-state index contributed by atoms with van der Waals surface area (Å²) in [5, 5.41) is 6.71. The summed E-state index contributed by atoms with van der Waals surface area (Å²) in [6.07, 6.45) is 1.71. The van der Waals surface area contributed by atoms with Crippen molar-refractivity contribution in [2.24, 2.45) is 0 Å². The molecule has 15 heavy (non-hydrogen) atoms. The van der Waals surface area contributed by atoms with Gasteiger partial charge in [-0.1, -0.05) is 0 Å². The van der Waals surface area contributed by atoms with E-state index in [4.69, 9.17) is 0 Å². The first-order chi connectivity index (χ1) is 7.16. The van der Waals surface area contributed by atoms with Crippen molar-refractivity contribution in [3.05, 3.63) is 44.8 Å². The third-order valence-corrected chi connectivity index (χ3v) is 2.53. The molecule has 0 bridgehead atoms. The Morgan fingerprint density at radius 2 is 2.40 bits per heavy atom. The molecule has 0 aliphatic rings. The van der Waals surface area contributed by atoms with Crippen LogP contribution in [-0.4, -0.2) is 19.7 Å². The predicted molar refractivity (Wildman–Crippen MR) is 58.6 cm³/mol. The number of aromatic amines is 1. The van der Waals surface area contributed by atoms with E-state index >= 15 is 0 Å². The second-order valence-corrected chi connectivity index (χ2v) is 3.98. The molecule has 0 aliphatic heterocycles. The molecule has 0 fully saturated rings. The predicted octanol–water partition coefficient (Wildman–Crippen LogP) is 1.09. The summed E-state index contributed by atoms with van der Waals surface area (Å²) in [6.45, 7) is 2.20. The summed E-state index contributed by atoms with van der Waals surface area (Å²) < 4.78 is 2.09. The van der Waals surface area contributed by atoms with Gasteiger partial charge in [-0.25, -0.2) is 4.98 Å². The molecule has 0 unspecified atom stereocenters. The Hall–Kier alpha value is -1.43. The molecule has 78 valence electrons. The fourth-order valence-corrected chi connectivity index (χ4v) is 1.62. The first kappa shape index (κ1) is 10.1. The van der Waals surface area contributed by atoms with Crippen molar-refractivity contribution in [3.63, 3.8) is 0 Å². The first-order valence-corrected chi connectivity index (χ1v) is 5.19. The van der Waals surface area contributed by atoms with Crippen LogP contribution in [0.1, 0.15) is 11.6 Å². The average molecular weight is 269 g/mol. The molecule has 0 saturated heterocycles. The number of hydrogen-bond acceptors (Lipinski definition) is 3. The molecular formula is C9H9BrN4O. The number of aromatic nitrogens is 4. The van der Waals surface area contributed by atoms with E-state index in [1.54, 1.807) is 22.9 Å². The van der Waals surface area contributed by atoms with E-state index in [1.807, 2.05) is 6.92 Å². The number of nitrogens with zero attached hydrogens (tertiary/aromatic N) is 3. The van der Waals surface area contributed by atoms with E-state index < -0.39 is 0 Å². The van der Waals surface area contributed by atoms with Gasteiger partial charge in [0.1, 0.15) is 5.82 Å². The van der Waals surface area contributed by atoms with Gasteiger partial charge in [0.05, 0.1) is 11.0 Å². The number of rotatable bonds is 2. The van der Waals surface area contributed by atoms with Crippen LogP contribution in [0.25, 0.3) is 0 Å². The van der Waals surface area contributed by atoms with Gasteiger partial charge in [-0.15, -0.1) is 0 Å². The molecule has 2 rings (SSSR count). The molecule has 0 amide bonds. The van der Waals surface area contributed by atoms with Gasteiger partial charge in [-0.2, -0.15) is 5.10 Å². The molecule has 2 aromatic heterocycles. The van der Waals surface area contributed by atoms with E-state index in [9.17, 15) is 4.79 Å². The standard InChI is InChI=1S/C9H9BrN4O/c1-6-11-8(13-12-6)5-14-4-2-3-7(10)9(14)15/h2-4H,5H2,1H3,(H,11,12,13). The van der Waals surface area contributed by atoms with Gasteiger partial charge in [0.15, 0.2) is 5.82 Å². The molecule has 2 aromatic rings. The van der Waals surface area contributed by atoms with E-state index in [1.165, 1.54) is 0 Å². The van der Waals surface area contributed by atoms with Crippen LogP contribution in [0.4, 0.5) is 0 Å². The maximum absolute atomic E-state index is 11.6. The van der Waals surface area contributed by atoms with Crippen LogP contribution >= 0.6 is 15.9 Å².